The van der Waals surface area contributed by atoms with Crippen LogP contribution in [0.1, 0.15) is 43.5 Å². The highest BCUT2D eigenvalue weighted by Crippen LogP contribution is 2.30. The normalized spacial score (nSPS) is 15.6. The second-order valence-electron chi connectivity index (χ2n) is 7.63. The summed E-state index contributed by atoms with van der Waals surface area (Å²) in [6, 6.07) is 6.56. The second kappa shape index (κ2) is 9.61. The van der Waals surface area contributed by atoms with Crippen LogP contribution in [-0.2, 0) is 21.4 Å². The van der Waals surface area contributed by atoms with Crippen LogP contribution in [0.4, 0.5) is 5.69 Å². The van der Waals surface area contributed by atoms with Crippen LogP contribution in [-0.4, -0.2) is 48.6 Å². The predicted molar refractivity (Wildman–Crippen MR) is 115 cm³/mol. The van der Waals surface area contributed by atoms with Gasteiger partial charge in [-0.1, -0.05) is 12.8 Å². The van der Waals surface area contributed by atoms with E-state index in [0.717, 1.165) is 37.1 Å². The largest absolute Gasteiger partial charge is 0.495 e. The number of sulfonamides is 1. The van der Waals surface area contributed by atoms with Crippen molar-refractivity contribution in [1.82, 2.24) is 14.1 Å². The van der Waals surface area contributed by atoms with Crippen LogP contribution in [0.15, 0.2) is 29.2 Å². The first-order valence-electron chi connectivity index (χ1n) is 10.3. The van der Waals surface area contributed by atoms with Gasteiger partial charge >= 0.3 is 0 Å². The number of hydrogen-bond donors (Lipinski definition) is 1. The first-order chi connectivity index (χ1) is 14.3. The molecule has 1 aromatic carbocycles. The molecule has 0 saturated carbocycles. The first-order valence-corrected chi connectivity index (χ1v) is 11.7. The molecular formula is C21H30N4O4S. The maximum atomic E-state index is 13.1. The van der Waals surface area contributed by atoms with Gasteiger partial charge in [0.2, 0.25) is 15.9 Å². The molecule has 30 heavy (non-hydrogen) atoms. The maximum Gasteiger partial charge on any atom is 0.243 e. The lowest BCUT2D eigenvalue weighted by atomic mass is 10.2. The van der Waals surface area contributed by atoms with Crippen LogP contribution in [0.3, 0.4) is 0 Å². The number of ether oxygens (including phenoxy) is 1. The van der Waals surface area contributed by atoms with Crippen LogP contribution in [0.25, 0.3) is 0 Å². The topological polar surface area (TPSA) is 93.5 Å². The summed E-state index contributed by atoms with van der Waals surface area (Å²) in [5, 5.41) is 7.15. The molecule has 1 amide bonds. The third-order valence-electron chi connectivity index (χ3n) is 5.30. The molecule has 0 unspecified atom stereocenters. The lowest BCUT2D eigenvalue weighted by Gasteiger charge is -2.21. The molecule has 1 aliphatic heterocycles. The van der Waals surface area contributed by atoms with E-state index in [4.69, 9.17) is 4.74 Å². The van der Waals surface area contributed by atoms with E-state index in [2.05, 4.69) is 10.4 Å². The van der Waals surface area contributed by atoms with E-state index >= 15 is 0 Å². The molecule has 2 heterocycles. The Morgan fingerprint density at radius 2 is 1.83 bits per heavy atom. The molecule has 1 aliphatic rings. The molecule has 1 fully saturated rings. The average Bonchev–Trinajstić information content (AvgIpc) is 2.90. The number of benzene rings is 1. The lowest BCUT2D eigenvalue weighted by Crippen LogP contribution is -2.32. The fraction of sp³-hybridized carbons (Fsp3) is 0.524. The smallest absolute Gasteiger partial charge is 0.243 e. The third-order valence-corrected chi connectivity index (χ3v) is 7.20. The molecule has 1 aromatic heterocycles. The Morgan fingerprint density at radius 1 is 1.13 bits per heavy atom. The summed E-state index contributed by atoms with van der Waals surface area (Å²) in [5.74, 6) is 0.189. The zero-order chi connectivity index (χ0) is 21.7. The van der Waals surface area contributed by atoms with Crippen molar-refractivity contribution >= 4 is 21.6 Å². The molecule has 3 rings (SSSR count). The minimum Gasteiger partial charge on any atom is -0.495 e. The van der Waals surface area contributed by atoms with Gasteiger partial charge in [0.15, 0.2) is 0 Å². The molecule has 0 spiro atoms. The number of carbonyl (C=O) groups excluding carboxylic acids is 1. The van der Waals surface area contributed by atoms with Crippen molar-refractivity contribution in [2.24, 2.45) is 0 Å². The van der Waals surface area contributed by atoms with Crippen molar-refractivity contribution < 1.29 is 17.9 Å². The molecule has 164 valence electrons. The fourth-order valence-corrected chi connectivity index (χ4v) is 5.24. The molecule has 0 radical (unpaired) electrons. The third kappa shape index (κ3) is 5.20. The molecule has 1 N–H and O–H groups in total. The van der Waals surface area contributed by atoms with Crippen molar-refractivity contribution in [3.8, 4) is 5.75 Å². The number of nitrogens with zero attached hydrogens (tertiary/aromatic N) is 3. The van der Waals surface area contributed by atoms with Gasteiger partial charge in [-0.25, -0.2) is 8.42 Å². The van der Waals surface area contributed by atoms with E-state index < -0.39 is 10.0 Å². The highest BCUT2D eigenvalue weighted by molar-refractivity contribution is 7.89. The molecule has 9 heteroatoms. The number of hydrogen-bond acceptors (Lipinski definition) is 5. The van der Waals surface area contributed by atoms with Gasteiger partial charge in [0.1, 0.15) is 5.75 Å². The summed E-state index contributed by atoms with van der Waals surface area (Å²) in [6.45, 7) is 5.35. The van der Waals surface area contributed by atoms with Crippen molar-refractivity contribution in [1.29, 1.82) is 0 Å². The highest BCUT2D eigenvalue weighted by Gasteiger charge is 2.26. The van der Waals surface area contributed by atoms with Crippen LogP contribution in [0.5, 0.6) is 5.75 Å². The fourth-order valence-electron chi connectivity index (χ4n) is 3.70. The number of methoxy groups -OCH3 is 1. The zero-order valence-corrected chi connectivity index (χ0v) is 18.7. The van der Waals surface area contributed by atoms with Crippen LogP contribution < -0.4 is 10.1 Å². The Balaban J connectivity index is 1.75. The summed E-state index contributed by atoms with van der Waals surface area (Å²) in [4.78, 5) is 12.7. The summed E-state index contributed by atoms with van der Waals surface area (Å²) >= 11 is 0. The Morgan fingerprint density at radius 3 is 2.43 bits per heavy atom. The minimum atomic E-state index is -3.61. The average molecular weight is 435 g/mol. The van der Waals surface area contributed by atoms with Crippen LogP contribution in [0.2, 0.25) is 0 Å². The maximum absolute atomic E-state index is 13.1. The van der Waals surface area contributed by atoms with Gasteiger partial charge in [0.05, 0.1) is 23.4 Å². The number of nitrogens with one attached hydrogen (secondary N) is 1. The molecular weight excluding hydrogens is 404 g/mol. The highest BCUT2D eigenvalue weighted by atomic mass is 32.2. The zero-order valence-electron chi connectivity index (χ0n) is 17.8. The first kappa shape index (κ1) is 22.3. The number of rotatable bonds is 7. The predicted octanol–water partition coefficient (Wildman–Crippen LogP) is 3.10. The van der Waals surface area contributed by atoms with Crippen molar-refractivity contribution in [2.45, 2.75) is 57.4 Å². The van der Waals surface area contributed by atoms with Gasteiger partial charge in [0, 0.05) is 31.7 Å². The van der Waals surface area contributed by atoms with Gasteiger partial charge in [-0.05, 0) is 51.0 Å². The summed E-state index contributed by atoms with van der Waals surface area (Å²) in [6.07, 6.45) is 4.04. The summed E-state index contributed by atoms with van der Waals surface area (Å²) in [7, 11) is -2.12. The van der Waals surface area contributed by atoms with Gasteiger partial charge in [-0.3, -0.25) is 9.48 Å². The molecule has 8 nitrogen and oxygen atoms in total. The number of aromatic nitrogens is 2. The standard InChI is InChI=1S/C21H30N4O4S/c1-16-14-17(2)25(23-16)13-10-21(26)22-19-15-18(8-9-20(19)29-3)30(27,28)24-11-6-4-5-7-12-24/h8-9,14-15H,4-7,10-13H2,1-3H3,(H,22,26). The molecule has 1 saturated heterocycles. The van der Waals surface area contributed by atoms with Crippen LogP contribution in [0, 0.1) is 13.8 Å². The van der Waals surface area contributed by atoms with Crippen molar-refractivity contribution in [3.63, 3.8) is 0 Å². The quantitative estimate of drug-likeness (QED) is 0.723. The van der Waals surface area contributed by atoms with Crippen LogP contribution >= 0.6 is 0 Å². The van der Waals surface area contributed by atoms with Gasteiger partial charge in [0.25, 0.3) is 0 Å². The Hall–Kier alpha value is -2.39. The minimum absolute atomic E-state index is 0.166. The number of carbonyl (C=O) groups is 1. The van der Waals surface area contributed by atoms with E-state index in [1.54, 1.807) is 10.7 Å². The summed E-state index contributed by atoms with van der Waals surface area (Å²) in [5.41, 5.74) is 2.25. The molecule has 0 bridgehead atoms. The van der Waals surface area contributed by atoms with Crippen molar-refractivity contribution in [3.05, 3.63) is 35.7 Å². The van der Waals surface area contributed by atoms with Gasteiger partial charge in [-0.15, -0.1) is 0 Å². The van der Waals surface area contributed by atoms with Gasteiger partial charge in [-0.2, -0.15) is 9.40 Å². The molecule has 0 atom stereocenters. The van der Waals surface area contributed by atoms with Crippen molar-refractivity contribution in [2.75, 3.05) is 25.5 Å². The molecule has 2 aromatic rings. The number of amides is 1. The SMILES string of the molecule is COc1ccc(S(=O)(=O)N2CCCCCC2)cc1NC(=O)CCn1nc(C)cc1C. The monoisotopic (exact) mass is 434 g/mol. The lowest BCUT2D eigenvalue weighted by molar-refractivity contribution is -0.116. The van der Waals surface area contributed by atoms with E-state index in [9.17, 15) is 13.2 Å². The number of aryl methyl sites for hydroxylation is 3. The van der Waals surface area contributed by atoms with E-state index in [1.807, 2.05) is 19.9 Å². The summed E-state index contributed by atoms with van der Waals surface area (Å²) < 4.78 is 34.8. The van der Waals surface area contributed by atoms with E-state index in [1.165, 1.54) is 23.5 Å². The second-order valence-corrected chi connectivity index (χ2v) is 9.57. The van der Waals surface area contributed by atoms with Gasteiger partial charge < -0.3 is 10.1 Å². The Labute approximate surface area is 178 Å². The molecule has 0 aliphatic carbocycles. The Bertz CT molecular complexity index is 992. The van der Waals surface area contributed by atoms with E-state index in [-0.39, 0.29) is 17.2 Å². The Kier molecular flexibility index (Phi) is 7.14. The number of anilines is 1. The van der Waals surface area contributed by atoms with E-state index in [0.29, 0.717) is 31.1 Å².